The molecule has 1 amide bonds. The normalized spacial score (nSPS) is 15.4. The van der Waals surface area contributed by atoms with Crippen LogP contribution in [0.25, 0.3) is 32.3 Å². The molecule has 1 aliphatic rings. The molecule has 6 rings (SSSR count). The molecule has 3 heteroatoms. The second kappa shape index (κ2) is 8.81. The molecular formula is C32H28FNO. The fourth-order valence-electron chi connectivity index (χ4n) is 6.10. The Balaban J connectivity index is 1.52. The van der Waals surface area contributed by atoms with Crippen molar-refractivity contribution in [2.24, 2.45) is 0 Å². The van der Waals surface area contributed by atoms with Crippen LogP contribution in [0.1, 0.15) is 47.9 Å². The molecule has 1 aliphatic carbocycles. The standard InChI is InChI=1S/C32H28FNO/c1-20(35)34-19-18-30-22-7-3-2-6-21(22)12-13-26(30)23-8-4-9-24-27(23)14-15-29-25-10-5-11-32(33)31(25)17-16-28(24)29/h2-3,5-7,10-17,23H,4,8-9,18-19H2,1H3,(H,34,35). The molecule has 1 unspecified atom stereocenters. The Hall–Kier alpha value is -3.72. The van der Waals surface area contributed by atoms with Gasteiger partial charge >= 0.3 is 0 Å². The SMILES string of the molecule is CC(=O)NCCc1c(C2CCCc3c2ccc2c3ccc3c(F)cccc32)ccc2ccccc12. The zero-order valence-corrected chi connectivity index (χ0v) is 19.9. The first-order valence-corrected chi connectivity index (χ1v) is 12.5. The summed E-state index contributed by atoms with van der Waals surface area (Å²) < 4.78 is 14.4. The molecule has 174 valence electrons. The van der Waals surface area contributed by atoms with Gasteiger partial charge in [-0.15, -0.1) is 0 Å². The zero-order chi connectivity index (χ0) is 23.9. The molecule has 0 heterocycles. The Bertz CT molecular complexity index is 1600. The molecule has 35 heavy (non-hydrogen) atoms. The third-order valence-electron chi connectivity index (χ3n) is 7.65. The van der Waals surface area contributed by atoms with Crippen LogP contribution in [-0.4, -0.2) is 12.5 Å². The van der Waals surface area contributed by atoms with Crippen molar-refractivity contribution in [2.75, 3.05) is 6.54 Å². The van der Waals surface area contributed by atoms with E-state index in [2.05, 4.69) is 59.9 Å². The van der Waals surface area contributed by atoms with Crippen molar-refractivity contribution in [3.8, 4) is 0 Å². The van der Waals surface area contributed by atoms with Crippen LogP contribution >= 0.6 is 0 Å². The lowest BCUT2D eigenvalue weighted by Crippen LogP contribution is -2.23. The van der Waals surface area contributed by atoms with E-state index in [1.807, 2.05) is 12.1 Å². The van der Waals surface area contributed by atoms with Gasteiger partial charge in [-0.25, -0.2) is 4.39 Å². The summed E-state index contributed by atoms with van der Waals surface area (Å²) in [5.74, 6) is 0.146. The topological polar surface area (TPSA) is 29.1 Å². The Morgan fingerprint density at radius 1 is 0.829 bits per heavy atom. The number of amides is 1. The van der Waals surface area contributed by atoms with Gasteiger partial charge < -0.3 is 5.32 Å². The predicted octanol–water partition coefficient (Wildman–Crippen LogP) is 7.43. The number of hydrogen-bond donors (Lipinski definition) is 1. The van der Waals surface area contributed by atoms with E-state index in [1.54, 1.807) is 13.0 Å². The van der Waals surface area contributed by atoms with Gasteiger partial charge in [0.2, 0.25) is 5.91 Å². The van der Waals surface area contributed by atoms with Crippen LogP contribution in [0.3, 0.4) is 0 Å². The molecule has 0 aromatic heterocycles. The van der Waals surface area contributed by atoms with Gasteiger partial charge in [-0.1, -0.05) is 72.8 Å². The molecule has 0 saturated heterocycles. The number of benzene rings is 5. The first kappa shape index (κ1) is 21.8. The van der Waals surface area contributed by atoms with Crippen molar-refractivity contribution < 1.29 is 9.18 Å². The average Bonchev–Trinajstić information content (AvgIpc) is 2.88. The summed E-state index contributed by atoms with van der Waals surface area (Å²) in [4.78, 5) is 11.6. The van der Waals surface area contributed by atoms with Crippen LogP contribution in [0.4, 0.5) is 4.39 Å². The number of fused-ring (bicyclic) bond motifs is 6. The number of halogens is 1. The van der Waals surface area contributed by atoms with Crippen molar-refractivity contribution >= 4 is 38.2 Å². The van der Waals surface area contributed by atoms with E-state index in [0.29, 0.717) is 17.8 Å². The lowest BCUT2D eigenvalue weighted by molar-refractivity contribution is -0.118. The second-order valence-electron chi connectivity index (χ2n) is 9.66. The number of hydrogen-bond acceptors (Lipinski definition) is 1. The maximum atomic E-state index is 14.4. The van der Waals surface area contributed by atoms with Crippen LogP contribution in [0.2, 0.25) is 0 Å². The molecule has 0 bridgehead atoms. The highest BCUT2D eigenvalue weighted by molar-refractivity contribution is 6.09. The fraction of sp³-hybridized carbons (Fsp3) is 0.219. The first-order valence-electron chi connectivity index (χ1n) is 12.5. The van der Waals surface area contributed by atoms with E-state index >= 15 is 0 Å². The Morgan fingerprint density at radius 3 is 2.46 bits per heavy atom. The van der Waals surface area contributed by atoms with Crippen molar-refractivity contribution in [1.82, 2.24) is 5.32 Å². The van der Waals surface area contributed by atoms with E-state index in [4.69, 9.17) is 0 Å². The number of rotatable bonds is 4. The van der Waals surface area contributed by atoms with Crippen LogP contribution in [0.5, 0.6) is 0 Å². The molecule has 0 spiro atoms. The smallest absolute Gasteiger partial charge is 0.216 e. The van der Waals surface area contributed by atoms with Crippen molar-refractivity contribution in [3.63, 3.8) is 0 Å². The van der Waals surface area contributed by atoms with Crippen LogP contribution in [0.15, 0.2) is 78.9 Å². The van der Waals surface area contributed by atoms with Gasteiger partial charge in [0.25, 0.3) is 0 Å². The quantitative estimate of drug-likeness (QED) is 0.277. The molecule has 0 radical (unpaired) electrons. The molecule has 0 saturated carbocycles. The van der Waals surface area contributed by atoms with E-state index in [1.165, 1.54) is 44.5 Å². The summed E-state index contributed by atoms with van der Waals surface area (Å²) in [6.07, 6.45) is 4.07. The Labute approximate surface area is 204 Å². The highest BCUT2D eigenvalue weighted by Crippen LogP contribution is 2.43. The van der Waals surface area contributed by atoms with Gasteiger partial charge in [0, 0.05) is 24.8 Å². The molecule has 5 aromatic carbocycles. The Kier molecular flexibility index (Phi) is 5.49. The molecule has 0 aliphatic heterocycles. The number of carbonyl (C=O) groups is 1. The molecule has 1 atom stereocenters. The maximum Gasteiger partial charge on any atom is 0.216 e. The Morgan fingerprint density at radius 2 is 1.57 bits per heavy atom. The average molecular weight is 462 g/mol. The third kappa shape index (κ3) is 3.76. The lowest BCUT2D eigenvalue weighted by Gasteiger charge is -2.30. The molecule has 5 aromatic rings. The van der Waals surface area contributed by atoms with Crippen LogP contribution < -0.4 is 5.32 Å². The van der Waals surface area contributed by atoms with E-state index in [-0.39, 0.29) is 11.7 Å². The van der Waals surface area contributed by atoms with Crippen molar-refractivity contribution in [3.05, 3.63) is 107 Å². The van der Waals surface area contributed by atoms with Gasteiger partial charge in [0.1, 0.15) is 5.82 Å². The first-order chi connectivity index (χ1) is 17.1. The monoisotopic (exact) mass is 461 g/mol. The van der Waals surface area contributed by atoms with E-state index in [0.717, 1.165) is 36.5 Å². The van der Waals surface area contributed by atoms with Gasteiger partial charge in [0.15, 0.2) is 0 Å². The minimum atomic E-state index is -0.167. The molecular weight excluding hydrogens is 433 g/mol. The number of nitrogens with one attached hydrogen (secondary N) is 1. The highest BCUT2D eigenvalue weighted by atomic mass is 19.1. The van der Waals surface area contributed by atoms with Gasteiger partial charge in [0.05, 0.1) is 0 Å². The van der Waals surface area contributed by atoms with Crippen molar-refractivity contribution in [2.45, 2.75) is 38.5 Å². The molecule has 2 nitrogen and oxygen atoms in total. The zero-order valence-electron chi connectivity index (χ0n) is 19.9. The van der Waals surface area contributed by atoms with Gasteiger partial charge in [-0.2, -0.15) is 0 Å². The summed E-state index contributed by atoms with van der Waals surface area (Å²) in [6, 6.07) is 26.9. The van der Waals surface area contributed by atoms with Gasteiger partial charge in [-0.05, 0) is 80.9 Å². The fourth-order valence-corrected chi connectivity index (χ4v) is 6.10. The summed E-state index contributed by atoms with van der Waals surface area (Å²) in [7, 11) is 0. The van der Waals surface area contributed by atoms with E-state index in [9.17, 15) is 9.18 Å². The maximum absolute atomic E-state index is 14.4. The second-order valence-corrected chi connectivity index (χ2v) is 9.66. The molecule has 0 fully saturated rings. The predicted molar refractivity (Wildman–Crippen MR) is 143 cm³/mol. The molecule has 1 N–H and O–H groups in total. The highest BCUT2D eigenvalue weighted by Gasteiger charge is 2.26. The summed E-state index contributed by atoms with van der Waals surface area (Å²) in [5, 5.41) is 9.52. The van der Waals surface area contributed by atoms with Crippen LogP contribution in [0, 0.1) is 5.82 Å². The van der Waals surface area contributed by atoms with E-state index < -0.39 is 0 Å². The van der Waals surface area contributed by atoms with Gasteiger partial charge in [-0.3, -0.25) is 4.79 Å². The largest absolute Gasteiger partial charge is 0.356 e. The summed E-state index contributed by atoms with van der Waals surface area (Å²) in [5.41, 5.74) is 5.47. The van der Waals surface area contributed by atoms with Crippen molar-refractivity contribution in [1.29, 1.82) is 0 Å². The third-order valence-corrected chi connectivity index (χ3v) is 7.65. The minimum absolute atomic E-state index is 0.00457. The lowest BCUT2D eigenvalue weighted by atomic mass is 9.75. The van der Waals surface area contributed by atoms with Crippen LogP contribution in [-0.2, 0) is 17.6 Å². The number of carbonyl (C=O) groups excluding carboxylic acids is 1. The number of aryl methyl sites for hydroxylation is 1. The summed E-state index contributed by atoms with van der Waals surface area (Å²) in [6.45, 7) is 2.20. The minimum Gasteiger partial charge on any atom is -0.356 e. The summed E-state index contributed by atoms with van der Waals surface area (Å²) >= 11 is 0.